The van der Waals surface area contributed by atoms with Crippen molar-refractivity contribution in [2.45, 2.75) is 48.5 Å². The zero-order chi connectivity index (χ0) is 48.0. The van der Waals surface area contributed by atoms with E-state index in [1.54, 1.807) is 0 Å². The third kappa shape index (κ3) is 7.76. The maximum atomic E-state index is 2.63. The second-order valence-corrected chi connectivity index (χ2v) is 19.3. The molecule has 5 heteroatoms. The normalized spacial score (nSPS) is 13.4. The second kappa shape index (κ2) is 18.5. The number of hydrogen-bond donors (Lipinski definition) is 0. The van der Waals surface area contributed by atoms with Crippen molar-refractivity contribution in [3.8, 4) is 0 Å². The van der Waals surface area contributed by atoms with Gasteiger partial charge in [-0.15, -0.1) is 0 Å². The minimum atomic E-state index is -0.175. The van der Waals surface area contributed by atoms with Gasteiger partial charge < -0.3 is 4.90 Å². The van der Waals surface area contributed by atoms with Crippen LogP contribution in [0, 0.1) is 41.5 Å². The molecule has 0 N–H and O–H groups in total. The summed E-state index contributed by atoms with van der Waals surface area (Å²) in [6.45, 7) is 15.8. The molecule has 0 saturated heterocycles. The Bertz CT molecular complexity index is 3360. The van der Waals surface area contributed by atoms with Crippen molar-refractivity contribution in [1.29, 1.82) is 0 Å². The monoisotopic (exact) mass is 901 g/mol. The van der Waals surface area contributed by atoms with Gasteiger partial charge in [0.1, 0.15) is 5.82 Å². The molecule has 0 bridgehead atoms. The van der Waals surface area contributed by atoms with Crippen LogP contribution in [0.1, 0.15) is 51.4 Å². The summed E-state index contributed by atoms with van der Waals surface area (Å²) in [5, 5.41) is 0. The Kier molecular flexibility index (Phi) is 11.7. The standard InChI is InChI=1S/C65H57B2N3/c1-44-38-46(3)61(47(4)39-44)66-57-42-58-60(43-59(57)68(53-30-18-10-19-31-53)50(7)63(66)51-26-14-8-15-27-51)70(56-36-24-13-25-37-56)65(69(54-32-20-11-21-33-54)55-34-22-12-23-35-55)64(52-28-16-9-17-29-52)67(58)62-48(5)40-45(2)41-49(62)6/h8-43H,1-7H3. The highest BCUT2D eigenvalue weighted by Gasteiger charge is 2.46. The van der Waals surface area contributed by atoms with E-state index in [9.17, 15) is 0 Å². The van der Waals surface area contributed by atoms with Gasteiger partial charge >= 0.3 is 0 Å². The molecule has 0 spiro atoms. The summed E-state index contributed by atoms with van der Waals surface area (Å²) in [4.78, 5) is 7.61. The minimum absolute atomic E-state index is 0.0648. The fraction of sp³-hybridized carbons (Fsp3) is 0.108. The Morgan fingerprint density at radius 2 is 0.686 bits per heavy atom. The summed E-state index contributed by atoms with van der Waals surface area (Å²) >= 11 is 0. The Hall–Kier alpha value is -8.01. The topological polar surface area (TPSA) is 9.72 Å². The third-order valence-electron chi connectivity index (χ3n) is 14.5. The number of rotatable bonds is 9. The van der Waals surface area contributed by atoms with E-state index in [0.717, 1.165) is 34.3 Å². The maximum absolute atomic E-state index is 2.63. The van der Waals surface area contributed by atoms with E-state index in [1.807, 2.05) is 0 Å². The van der Waals surface area contributed by atoms with Crippen molar-refractivity contribution in [3.05, 3.63) is 274 Å². The molecule has 11 rings (SSSR count). The zero-order valence-electron chi connectivity index (χ0n) is 41.3. The number of fused-ring (bicyclic) bond motifs is 2. The van der Waals surface area contributed by atoms with Crippen LogP contribution >= 0.6 is 0 Å². The largest absolute Gasteiger partial charge is 0.315 e. The van der Waals surface area contributed by atoms with Crippen molar-refractivity contribution < 1.29 is 0 Å². The molecule has 0 fully saturated rings. The molecule has 0 unspecified atom stereocenters. The molecule has 0 radical (unpaired) electrons. The lowest BCUT2D eigenvalue weighted by molar-refractivity contribution is 1.06. The van der Waals surface area contributed by atoms with E-state index in [4.69, 9.17) is 0 Å². The fourth-order valence-corrected chi connectivity index (χ4v) is 12.0. The molecule has 70 heavy (non-hydrogen) atoms. The molecule has 2 aliphatic heterocycles. The van der Waals surface area contributed by atoms with Crippen molar-refractivity contribution in [1.82, 2.24) is 0 Å². The molecular weight excluding hydrogens is 844 g/mol. The molecule has 9 aromatic rings. The lowest BCUT2D eigenvalue weighted by Gasteiger charge is -2.46. The molecule has 2 heterocycles. The van der Waals surface area contributed by atoms with E-state index in [2.05, 4.69) is 282 Å². The van der Waals surface area contributed by atoms with Crippen molar-refractivity contribution in [2.24, 2.45) is 0 Å². The number of benzene rings is 9. The summed E-state index contributed by atoms with van der Waals surface area (Å²) in [6, 6.07) is 80.9. The highest BCUT2D eigenvalue weighted by atomic mass is 15.3. The van der Waals surface area contributed by atoms with Gasteiger partial charge in [0.25, 0.3) is 0 Å². The van der Waals surface area contributed by atoms with Gasteiger partial charge in [0, 0.05) is 39.8 Å². The Morgan fingerprint density at radius 3 is 1.11 bits per heavy atom. The van der Waals surface area contributed by atoms with E-state index < -0.39 is 0 Å². The molecule has 338 valence electrons. The minimum Gasteiger partial charge on any atom is -0.315 e. The second-order valence-electron chi connectivity index (χ2n) is 19.3. The van der Waals surface area contributed by atoms with E-state index in [0.29, 0.717) is 0 Å². The summed E-state index contributed by atoms with van der Waals surface area (Å²) in [6.07, 6.45) is 0. The molecule has 0 amide bonds. The van der Waals surface area contributed by atoms with Crippen molar-refractivity contribution in [2.75, 3.05) is 14.7 Å². The van der Waals surface area contributed by atoms with Gasteiger partial charge in [-0.25, -0.2) is 0 Å². The summed E-state index contributed by atoms with van der Waals surface area (Å²) < 4.78 is 0. The molecular formula is C65H57B2N3. The van der Waals surface area contributed by atoms with E-state index in [-0.39, 0.29) is 13.4 Å². The van der Waals surface area contributed by atoms with Crippen LogP contribution in [0.4, 0.5) is 34.1 Å². The third-order valence-corrected chi connectivity index (χ3v) is 14.5. The number of allylic oxidation sites excluding steroid dienone is 1. The first-order chi connectivity index (χ1) is 34.2. The van der Waals surface area contributed by atoms with Crippen LogP contribution in [-0.2, 0) is 0 Å². The number of aryl methyl sites for hydroxylation is 6. The summed E-state index contributed by atoms with van der Waals surface area (Å²) in [7, 11) is 0. The SMILES string of the molecule is CC1=C(c2ccccc2)B(c2c(C)cc(C)cc2C)c2cc3c(cc2N1c1ccccc1)N(c1ccccc1)C(N(c1ccccc1)c1ccccc1)=C(c1ccccc1)B3c1c(C)cc(C)cc1C. The van der Waals surface area contributed by atoms with Gasteiger partial charge in [-0.1, -0.05) is 208 Å². The molecule has 0 saturated carbocycles. The van der Waals surface area contributed by atoms with Crippen LogP contribution in [-0.4, -0.2) is 13.4 Å². The van der Waals surface area contributed by atoms with Crippen LogP contribution in [0.15, 0.2) is 230 Å². The first-order valence-electron chi connectivity index (χ1n) is 24.7. The van der Waals surface area contributed by atoms with Crippen molar-refractivity contribution in [3.63, 3.8) is 0 Å². The predicted molar refractivity (Wildman–Crippen MR) is 302 cm³/mol. The zero-order valence-corrected chi connectivity index (χ0v) is 41.3. The molecule has 0 aromatic heterocycles. The summed E-state index contributed by atoms with van der Waals surface area (Å²) in [5.41, 5.74) is 25.9. The van der Waals surface area contributed by atoms with E-state index in [1.165, 1.54) is 88.7 Å². The van der Waals surface area contributed by atoms with Gasteiger partial charge in [-0.05, 0) is 136 Å². The van der Waals surface area contributed by atoms with E-state index >= 15 is 0 Å². The molecule has 0 atom stereocenters. The Balaban J connectivity index is 1.36. The highest BCUT2D eigenvalue weighted by molar-refractivity contribution is 7.04. The molecule has 9 aromatic carbocycles. The first kappa shape index (κ1) is 44.5. The smallest absolute Gasteiger partial charge is 0.250 e. The maximum Gasteiger partial charge on any atom is 0.250 e. The van der Waals surface area contributed by atoms with Crippen LogP contribution in [0.2, 0.25) is 0 Å². The van der Waals surface area contributed by atoms with Gasteiger partial charge in [0.2, 0.25) is 13.4 Å². The van der Waals surface area contributed by atoms with Gasteiger partial charge in [-0.2, -0.15) is 0 Å². The average Bonchev–Trinajstić information content (AvgIpc) is 3.37. The molecule has 0 aliphatic carbocycles. The quantitative estimate of drug-likeness (QED) is 0.134. The van der Waals surface area contributed by atoms with Gasteiger partial charge in [-0.3, -0.25) is 9.80 Å². The lowest BCUT2D eigenvalue weighted by Crippen LogP contribution is -2.57. The van der Waals surface area contributed by atoms with Gasteiger partial charge in [0.05, 0.1) is 0 Å². The Morgan fingerprint density at radius 1 is 0.343 bits per heavy atom. The van der Waals surface area contributed by atoms with Crippen LogP contribution < -0.4 is 36.6 Å². The number of nitrogens with zero attached hydrogens (tertiary/aromatic N) is 3. The van der Waals surface area contributed by atoms with Gasteiger partial charge in [0.15, 0.2) is 0 Å². The van der Waals surface area contributed by atoms with Crippen LogP contribution in [0.5, 0.6) is 0 Å². The average molecular weight is 902 g/mol. The van der Waals surface area contributed by atoms with Crippen LogP contribution in [0.3, 0.4) is 0 Å². The highest BCUT2D eigenvalue weighted by Crippen LogP contribution is 2.47. The fourth-order valence-electron chi connectivity index (χ4n) is 12.0. The number of para-hydroxylation sites is 4. The van der Waals surface area contributed by atoms with Crippen molar-refractivity contribution >= 4 is 80.3 Å². The molecule has 3 nitrogen and oxygen atoms in total. The predicted octanol–water partition coefficient (Wildman–Crippen LogP) is 13.8. The number of anilines is 6. The first-order valence-corrected chi connectivity index (χ1v) is 24.7. The Labute approximate surface area is 415 Å². The number of hydrogen-bond acceptors (Lipinski definition) is 3. The summed E-state index contributed by atoms with van der Waals surface area (Å²) in [5.74, 6) is 1.09. The lowest BCUT2D eigenvalue weighted by atomic mass is 9.29. The molecule has 2 aliphatic rings. The van der Waals surface area contributed by atoms with Crippen LogP contribution in [0.25, 0.3) is 10.9 Å².